The molecule has 164 valence electrons. The van der Waals surface area contributed by atoms with Crippen molar-refractivity contribution in [3.63, 3.8) is 0 Å². The van der Waals surface area contributed by atoms with Crippen molar-refractivity contribution in [1.82, 2.24) is 25.6 Å². The first-order chi connectivity index (χ1) is 16.0. The smallest absolute Gasteiger partial charge is 0.271 e. The standard InChI is InChI=1S/C23H18ClN7O2/c1-15(16-8-12-19(13-9-16)31-14-25-29-30-31)27-28-22(32)17-6-10-18(11-7-17)26-23(33)20-4-2-3-5-21(20)24/h2-14H,1H3,(H,26,33)(H,28,32)/b27-15+. The SMILES string of the molecule is C/C(=N\NC(=O)c1ccc(NC(=O)c2ccccc2Cl)cc1)c1ccc(-n2cnnn2)cc1. The molecular weight excluding hydrogens is 442 g/mol. The van der Waals surface area contributed by atoms with Gasteiger partial charge in [0.1, 0.15) is 6.33 Å². The zero-order chi connectivity index (χ0) is 23.2. The van der Waals surface area contributed by atoms with Gasteiger partial charge in [0.25, 0.3) is 11.8 Å². The normalized spacial score (nSPS) is 11.2. The quantitative estimate of drug-likeness (QED) is 0.337. The van der Waals surface area contributed by atoms with Gasteiger partial charge >= 0.3 is 0 Å². The van der Waals surface area contributed by atoms with Crippen LogP contribution in [0, 0.1) is 0 Å². The third-order valence-corrected chi connectivity index (χ3v) is 5.08. The lowest BCUT2D eigenvalue weighted by atomic mass is 10.1. The van der Waals surface area contributed by atoms with Crippen LogP contribution in [0.4, 0.5) is 5.69 Å². The Labute approximate surface area is 194 Å². The lowest BCUT2D eigenvalue weighted by Gasteiger charge is -2.08. The third kappa shape index (κ3) is 5.28. The Morgan fingerprint density at radius 3 is 2.27 bits per heavy atom. The van der Waals surface area contributed by atoms with Crippen molar-refractivity contribution in [2.45, 2.75) is 6.92 Å². The van der Waals surface area contributed by atoms with Gasteiger partial charge in [-0.15, -0.1) is 5.10 Å². The highest BCUT2D eigenvalue weighted by Crippen LogP contribution is 2.17. The van der Waals surface area contributed by atoms with Crippen molar-refractivity contribution < 1.29 is 9.59 Å². The van der Waals surface area contributed by atoms with Crippen LogP contribution in [0.3, 0.4) is 0 Å². The van der Waals surface area contributed by atoms with Crippen LogP contribution < -0.4 is 10.7 Å². The van der Waals surface area contributed by atoms with E-state index in [9.17, 15) is 9.59 Å². The Morgan fingerprint density at radius 2 is 1.61 bits per heavy atom. The van der Waals surface area contributed by atoms with Crippen molar-refractivity contribution in [3.8, 4) is 5.69 Å². The number of benzene rings is 3. The minimum Gasteiger partial charge on any atom is -0.322 e. The molecule has 1 heterocycles. The molecule has 4 rings (SSSR count). The molecule has 3 aromatic carbocycles. The van der Waals surface area contributed by atoms with Crippen molar-refractivity contribution >= 4 is 34.8 Å². The second kappa shape index (κ2) is 9.84. The number of aromatic nitrogens is 4. The van der Waals surface area contributed by atoms with E-state index >= 15 is 0 Å². The van der Waals surface area contributed by atoms with Crippen LogP contribution in [0.25, 0.3) is 5.69 Å². The average molecular weight is 460 g/mol. The zero-order valence-corrected chi connectivity index (χ0v) is 18.2. The highest BCUT2D eigenvalue weighted by atomic mass is 35.5. The van der Waals surface area contributed by atoms with E-state index in [0.29, 0.717) is 27.5 Å². The molecule has 4 aromatic rings. The Kier molecular flexibility index (Phi) is 6.51. The molecule has 2 amide bonds. The molecule has 0 spiro atoms. The van der Waals surface area contributed by atoms with Crippen LogP contribution in [-0.4, -0.2) is 37.7 Å². The van der Waals surface area contributed by atoms with Gasteiger partial charge in [0.2, 0.25) is 0 Å². The Hall–Kier alpha value is -4.37. The fourth-order valence-corrected chi connectivity index (χ4v) is 3.17. The fourth-order valence-electron chi connectivity index (χ4n) is 2.95. The number of hydrogen-bond acceptors (Lipinski definition) is 6. The monoisotopic (exact) mass is 459 g/mol. The Morgan fingerprint density at radius 1 is 0.909 bits per heavy atom. The number of tetrazole rings is 1. The summed E-state index contributed by atoms with van der Waals surface area (Å²) in [5.41, 5.74) is 6.13. The third-order valence-electron chi connectivity index (χ3n) is 4.75. The molecule has 0 saturated heterocycles. The molecule has 33 heavy (non-hydrogen) atoms. The predicted molar refractivity (Wildman–Crippen MR) is 125 cm³/mol. The molecule has 0 fully saturated rings. The predicted octanol–water partition coefficient (Wildman–Crippen LogP) is 3.72. The summed E-state index contributed by atoms with van der Waals surface area (Å²) in [7, 11) is 0. The van der Waals surface area contributed by atoms with E-state index in [1.165, 1.54) is 6.33 Å². The minimum atomic E-state index is -0.372. The Balaban J connectivity index is 1.37. The first kappa shape index (κ1) is 21.8. The van der Waals surface area contributed by atoms with Gasteiger partial charge in [-0.2, -0.15) is 5.10 Å². The molecule has 2 N–H and O–H groups in total. The van der Waals surface area contributed by atoms with Gasteiger partial charge in [-0.05, 0) is 71.4 Å². The highest BCUT2D eigenvalue weighted by molar-refractivity contribution is 6.34. The number of nitrogens with zero attached hydrogens (tertiary/aromatic N) is 5. The van der Waals surface area contributed by atoms with Crippen LogP contribution in [-0.2, 0) is 0 Å². The molecule has 0 radical (unpaired) electrons. The van der Waals surface area contributed by atoms with E-state index in [0.717, 1.165) is 11.3 Å². The van der Waals surface area contributed by atoms with Gasteiger partial charge in [0.15, 0.2) is 0 Å². The van der Waals surface area contributed by atoms with E-state index in [4.69, 9.17) is 11.6 Å². The summed E-state index contributed by atoms with van der Waals surface area (Å²) >= 11 is 6.05. The van der Waals surface area contributed by atoms with Crippen LogP contribution >= 0.6 is 11.6 Å². The van der Waals surface area contributed by atoms with Crippen molar-refractivity contribution in [1.29, 1.82) is 0 Å². The molecule has 0 saturated carbocycles. The number of hydrogen-bond donors (Lipinski definition) is 2. The highest BCUT2D eigenvalue weighted by Gasteiger charge is 2.11. The second-order valence-corrected chi connectivity index (χ2v) is 7.36. The number of amides is 2. The van der Waals surface area contributed by atoms with E-state index < -0.39 is 0 Å². The maximum absolute atomic E-state index is 12.4. The molecule has 0 unspecified atom stereocenters. The summed E-state index contributed by atoms with van der Waals surface area (Å²) in [6.07, 6.45) is 1.50. The van der Waals surface area contributed by atoms with E-state index in [1.807, 2.05) is 24.3 Å². The van der Waals surface area contributed by atoms with Crippen LogP contribution in [0.1, 0.15) is 33.2 Å². The van der Waals surface area contributed by atoms with Crippen molar-refractivity contribution in [3.05, 3.63) is 101 Å². The molecule has 0 atom stereocenters. The maximum atomic E-state index is 12.4. The maximum Gasteiger partial charge on any atom is 0.271 e. The number of halogens is 1. The number of carbonyl (C=O) groups is 2. The minimum absolute atomic E-state index is 0.330. The summed E-state index contributed by atoms with van der Waals surface area (Å²) in [5, 5.41) is 18.3. The van der Waals surface area contributed by atoms with E-state index in [1.54, 1.807) is 60.1 Å². The molecule has 0 aliphatic carbocycles. The van der Waals surface area contributed by atoms with Crippen LogP contribution in [0.15, 0.2) is 84.2 Å². The summed E-state index contributed by atoms with van der Waals surface area (Å²) in [6.45, 7) is 1.79. The molecule has 0 aliphatic rings. The molecule has 0 aliphatic heterocycles. The number of carbonyl (C=O) groups excluding carboxylic acids is 2. The van der Waals surface area contributed by atoms with Crippen LogP contribution in [0.2, 0.25) is 5.02 Å². The largest absolute Gasteiger partial charge is 0.322 e. The summed E-state index contributed by atoms with van der Waals surface area (Å²) < 4.78 is 1.54. The Bertz CT molecular complexity index is 1300. The average Bonchev–Trinajstić information content (AvgIpc) is 3.38. The summed E-state index contributed by atoms with van der Waals surface area (Å²) in [5.74, 6) is -0.701. The van der Waals surface area contributed by atoms with Gasteiger partial charge in [-0.3, -0.25) is 9.59 Å². The second-order valence-electron chi connectivity index (χ2n) is 6.95. The molecule has 0 bridgehead atoms. The molecule has 10 heteroatoms. The molecule has 1 aromatic heterocycles. The summed E-state index contributed by atoms with van der Waals surface area (Å²) in [6, 6.07) is 20.7. The van der Waals surface area contributed by atoms with Gasteiger partial charge < -0.3 is 5.32 Å². The molecule has 9 nitrogen and oxygen atoms in total. The lowest BCUT2D eigenvalue weighted by molar-refractivity contribution is 0.0954. The van der Waals surface area contributed by atoms with Crippen molar-refractivity contribution in [2.75, 3.05) is 5.32 Å². The lowest BCUT2D eigenvalue weighted by Crippen LogP contribution is -2.19. The van der Waals surface area contributed by atoms with E-state index in [-0.39, 0.29) is 11.8 Å². The fraction of sp³-hybridized carbons (Fsp3) is 0.0435. The summed E-state index contributed by atoms with van der Waals surface area (Å²) in [4.78, 5) is 24.8. The van der Waals surface area contributed by atoms with Gasteiger partial charge in [0, 0.05) is 11.3 Å². The first-order valence-corrected chi connectivity index (χ1v) is 10.2. The van der Waals surface area contributed by atoms with Gasteiger partial charge in [0.05, 0.1) is 22.0 Å². The van der Waals surface area contributed by atoms with Crippen molar-refractivity contribution in [2.24, 2.45) is 5.10 Å². The molecular formula is C23H18ClN7O2. The topological polar surface area (TPSA) is 114 Å². The first-order valence-electron chi connectivity index (χ1n) is 9.85. The zero-order valence-electron chi connectivity index (χ0n) is 17.4. The van der Waals surface area contributed by atoms with Gasteiger partial charge in [-0.1, -0.05) is 35.9 Å². The number of hydrazone groups is 1. The van der Waals surface area contributed by atoms with Crippen LogP contribution in [0.5, 0.6) is 0 Å². The van der Waals surface area contributed by atoms with E-state index in [2.05, 4.69) is 31.4 Å². The number of nitrogens with one attached hydrogen (secondary N) is 2. The number of rotatable bonds is 6. The van der Waals surface area contributed by atoms with Gasteiger partial charge in [-0.25, -0.2) is 10.1 Å². The number of anilines is 1.